The summed E-state index contributed by atoms with van der Waals surface area (Å²) < 4.78 is 9.25. The largest absolute Gasteiger partial charge is 0.508 e. The second-order valence-corrected chi connectivity index (χ2v) is 3.12. The highest BCUT2D eigenvalue weighted by Gasteiger charge is 2.18. The summed E-state index contributed by atoms with van der Waals surface area (Å²) in [4.78, 5) is 22.5. The van der Waals surface area contributed by atoms with Gasteiger partial charge in [0.05, 0.1) is 12.7 Å². The normalized spacial score (nSPS) is 11.6. The fourth-order valence-electron chi connectivity index (χ4n) is 1.04. The third kappa shape index (κ3) is 2.98. The average Bonchev–Trinajstić information content (AvgIpc) is 2.28. The number of aromatic hydroxyl groups is 1. The van der Waals surface area contributed by atoms with Gasteiger partial charge in [0.1, 0.15) is 5.75 Å². The summed E-state index contributed by atoms with van der Waals surface area (Å²) in [6, 6.07) is 5.53. The first-order valence-corrected chi connectivity index (χ1v) is 4.62. The minimum absolute atomic E-state index is 0.0533. The van der Waals surface area contributed by atoms with Crippen LogP contribution in [-0.2, 0) is 14.3 Å². The van der Waals surface area contributed by atoms with Crippen LogP contribution in [-0.4, -0.2) is 30.3 Å². The summed E-state index contributed by atoms with van der Waals surface area (Å²) in [5.41, 5.74) is 0.258. The minimum Gasteiger partial charge on any atom is -0.508 e. The third-order valence-electron chi connectivity index (χ3n) is 1.92. The molecule has 0 aromatic heterocycles. The predicted octanol–water partition coefficient (Wildman–Crippen LogP) is 1.11. The van der Waals surface area contributed by atoms with Crippen LogP contribution in [0.15, 0.2) is 24.3 Å². The van der Waals surface area contributed by atoms with Crippen LogP contribution in [0.25, 0.3) is 0 Å². The van der Waals surface area contributed by atoms with Crippen LogP contribution in [0.3, 0.4) is 0 Å². The number of carbonyl (C=O) groups is 2. The van der Waals surface area contributed by atoms with E-state index in [4.69, 9.17) is 9.84 Å². The summed E-state index contributed by atoms with van der Waals surface area (Å²) in [6.45, 7) is 1.42. The first-order chi connectivity index (χ1) is 7.54. The van der Waals surface area contributed by atoms with Gasteiger partial charge in [-0.2, -0.15) is 0 Å². The summed E-state index contributed by atoms with van der Waals surface area (Å²) in [6.07, 6.45) is -0.952. The fraction of sp³-hybridized carbons (Fsp3) is 0.273. The fourth-order valence-corrected chi connectivity index (χ4v) is 1.04. The van der Waals surface area contributed by atoms with E-state index in [0.717, 1.165) is 0 Å². The molecule has 86 valence electrons. The Balaban J connectivity index is 2.65. The Morgan fingerprint density at radius 1 is 1.25 bits per heavy atom. The van der Waals surface area contributed by atoms with Crippen molar-refractivity contribution in [3.8, 4) is 5.75 Å². The highest BCUT2D eigenvalue weighted by atomic mass is 16.6. The van der Waals surface area contributed by atoms with Gasteiger partial charge in [0.2, 0.25) is 0 Å². The van der Waals surface area contributed by atoms with Crippen LogP contribution >= 0.6 is 0 Å². The lowest BCUT2D eigenvalue weighted by Crippen LogP contribution is -2.25. The van der Waals surface area contributed by atoms with Crippen LogP contribution in [0.2, 0.25) is 0 Å². The van der Waals surface area contributed by atoms with Gasteiger partial charge in [0.15, 0.2) is 6.10 Å². The van der Waals surface area contributed by atoms with Crippen LogP contribution in [0.1, 0.15) is 17.3 Å². The van der Waals surface area contributed by atoms with E-state index >= 15 is 0 Å². The number of carbonyl (C=O) groups excluding carboxylic acids is 2. The van der Waals surface area contributed by atoms with E-state index in [1.165, 1.54) is 38.3 Å². The number of methoxy groups -OCH3 is 1. The minimum atomic E-state index is -0.952. The van der Waals surface area contributed by atoms with E-state index in [-0.39, 0.29) is 11.3 Å². The van der Waals surface area contributed by atoms with Crippen LogP contribution < -0.4 is 0 Å². The molecule has 1 aromatic carbocycles. The van der Waals surface area contributed by atoms with E-state index in [1.54, 1.807) is 0 Å². The molecule has 1 atom stereocenters. The first kappa shape index (κ1) is 12.0. The maximum Gasteiger partial charge on any atom is 0.346 e. The second-order valence-electron chi connectivity index (χ2n) is 3.12. The molecule has 1 aromatic rings. The van der Waals surface area contributed by atoms with E-state index < -0.39 is 18.0 Å². The Morgan fingerprint density at radius 3 is 2.31 bits per heavy atom. The van der Waals surface area contributed by atoms with Crippen LogP contribution in [0.5, 0.6) is 5.75 Å². The zero-order chi connectivity index (χ0) is 12.1. The topological polar surface area (TPSA) is 72.8 Å². The molecule has 0 amide bonds. The number of hydrogen-bond donors (Lipinski definition) is 1. The lowest BCUT2D eigenvalue weighted by Gasteiger charge is -2.10. The van der Waals surface area contributed by atoms with Crippen molar-refractivity contribution >= 4 is 11.9 Å². The second kappa shape index (κ2) is 5.16. The predicted molar refractivity (Wildman–Crippen MR) is 55.0 cm³/mol. The number of benzene rings is 1. The molecule has 0 aliphatic rings. The van der Waals surface area contributed by atoms with Gasteiger partial charge in [-0.1, -0.05) is 0 Å². The van der Waals surface area contributed by atoms with Crippen molar-refractivity contribution in [2.45, 2.75) is 13.0 Å². The van der Waals surface area contributed by atoms with E-state index in [0.29, 0.717) is 0 Å². The molecule has 0 heterocycles. The molecule has 16 heavy (non-hydrogen) atoms. The van der Waals surface area contributed by atoms with Gasteiger partial charge in [0, 0.05) is 0 Å². The standard InChI is InChI=1S/C11H12O5/c1-7(10(13)15-2)16-11(14)8-3-5-9(12)6-4-8/h3-7,12H,1-2H3. The van der Waals surface area contributed by atoms with Crippen molar-refractivity contribution in [3.05, 3.63) is 29.8 Å². The quantitative estimate of drug-likeness (QED) is 0.778. The van der Waals surface area contributed by atoms with Crippen molar-refractivity contribution in [3.63, 3.8) is 0 Å². The zero-order valence-electron chi connectivity index (χ0n) is 8.97. The number of ether oxygens (including phenoxy) is 2. The number of phenols is 1. The molecule has 0 fully saturated rings. The maximum absolute atomic E-state index is 11.5. The van der Waals surface area contributed by atoms with Gasteiger partial charge in [0.25, 0.3) is 0 Å². The number of phenolic OH excluding ortho intramolecular Hbond substituents is 1. The van der Waals surface area contributed by atoms with Crippen LogP contribution in [0, 0.1) is 0 Å². The van der Waals surface area contributed by atoms with Crippen molar-refractivity contribution < 1.29 is 24.2 Å². The molecule has 5 nitrogen and oxygen atoms in total. The van der Waals surface area contributed by atoms with E-state index in [2.05, 4.69) is 4.74 Å². The molecule has 1 N–H and O–H groups in total. The summed E-state index contributed by atoms with van der Waals surface area (Å²) in [7, 11) is 1.22. The van der Waals surface area contributed by atoms with Gasteiger partial charge >= 0.3 is 11.9 Å². The molecule has 0 bridgehead atoms. The first-order valence-electron chi connectivity index (χ1n) is 4.62. The van der Waals surface area contributed by atoms with Gasteiger partial charge in [-0.25, -0.2) is 9.59 Å². The third-order valence-corrected chi connectivity index (χ3v) is 1.92. The van der Waals surface area contributed by atoms with E-state index in [9.17, 15) is 9.59 Å². The van der Waals surface area contributed by atoms with Crippen molar-refractivity contribution in [2.75, 3.05) is 7.11 Å². The molecule has 0 aliphatic heterocycles. The highest BCUT2D eigenvalue weighted by Crippen LogP contribution is 2.11. The van der Waals surface area contributed by atoms with Crippen LogP contribution in [0.4, 0.5) is 0 Å². The number of esters is 2. The Hall–Kier alpha value is -2.04. The summed E-state index contributed by atoms with van der Waals surface area (Å²) in [5, 5.41) is 9.02. The average molecular weight is 224 g/mol. The van der Waals surface area contributed by atoms with Gasteiger partial charge in [-0.3, -0.25) is 0 Å². The Morgan fingerprint density at radius 2 is 1.81 bits per heavy atom. The Bertz CT molecular complexity index is 382. The molecule has 0 saturated heterocycles. The molecular formula is C11H12O5. The smallest absolute Gasteiger partial charge is 0.346 e. The van der Waals surface area contributed by atoms with E-state index in [1.807, 2.05) is 0 Å². The summed E-state index contributed by atoms with van der Waals surface area (Å²) in [5.74, 6) is -1.21. The zero-order valence-corrected chi connectivity index (χ0v) is 8.97. The molecular weight excluding hydrogens is 212 g/mol. The molecule has 0 radical (unpaired) electrons. The molecule has 1 rings (SSSR count). The molecule has 0 spiro atoms. The molecule has 1 unspecified atom stereocenters. The lowest BCUT2D eigenvalue weighted by molar-refractivity contribution is -0.149. The van der Waals surface area contributed by atoms with Crippen molar-refractivity contribution in [2.24, 2.45) is 0 Å². The summed E-state index contributed by atoms with van der Waals surface area (Å²) >= 11 is 0. The highest BCUT2D eigenvalue weighted by molar-refractivity contribution is 5.91. The van der Waals surface area contributed by atoms with Crippen molar-refractivity contribution in [1.29, 1.82) is 0 Å². The van der Waals surface area contributed by atoms with Gasteiger partial charge in [-0.15, -0.1) is 0 Å². The monoisotopic (exact) mass is 224 g/mol. The van der Waals surface area contributed by atoms with Crippen molar-refractivity contribution in [1.82, 2.24) is 0 Å². The lowest BCUT2D eigenvalue weighted by atomic mass is 10.2. The van der Waals surface area contributed by atoms with Gasteiger partial charge < -0.3 is 14.6 Å². The molecule has 5 heteroatoms. The number of hydrogen-bond acceptors (Lipinski definition) is 5. The SMILES string of the molecule is COC(=O)C(C)OC(=O)c1ccc(O)cc1. The number of rotatable bonds is 3. The Kier molecular flexibility index (Phi) is 3.88. The Labute approximate surface area is 92.6 Å². The molecule has 0 aliphatic carbocycles. The van der Waals surface area contributed by atoms with Gasteiger partial charge in [-0.05, 0) is 31.2 Å². The maximum atomic E-state index is 11.5. The molecule has 0 saturated carbocycles.